The number of allylic oxidation sites excluding steroid dienone is 5. The highest BCUT2D eigenvalue weighted by molar-refractivity contribution is 5.33. The molecular formula is C10H7F7. The topological polar surface area (TPSA) is 0 Å². The molecule has 1 atom stereocenters. The highest BCUT2D eigenvalue weighted by Crippen LogP contribution is 2.58. The van der Waals surface area contributed by atoms with Crippen LogP contribution in [0, 0.1) is 5.41 Å². The summed E-state index contributed by atoms with van der Waals surface area (Å²) in [7, 11) is 0. The van der Waals surface area contributed by atoms with Gasteiger partial charge in [0.05, 0.1) is 0 Å². The van der Waals surface area contributed by atoms with Crippen LogP contribution in [0.1, 0.15) is 0 Å². The van der Waals surface area contributed by atoms with Gasteiger partial charge in [0.15, 0.2) is 0 Å². The average molecular weight is 260 g/mol. The highest BCUT2D eigenvalue weighted by Gasteiger charge is 2.75. The summed E-state index contributed by atoms with van der Waals surface area (Å²) in [6.07, 6.45) is -4.64. The molecule has 0 fully saturated rings. The minimum absolute atomic E-state index is 0.00562. The minimum Gasteiger partial charge on any atom is -0.200 e. The fraction of sp³-hybridized carbons (Fsp3) is 0.400. The zero-order valence-corrected chi connectivity index (χ0v) is 8.24. The molecule has 0 N–H and O–H groups in total. The second-order valence-corrected chi connectivity index (χ2v) is 3.49. The predicted molar refractivity (Wildman–Crippen MR) is 46.9 cm³/mol. The third-order valence-corrected chi connectivity index (χ3v) is 2.52. The fourth-order valence-electron chi connectivity index (χ4n) is 1.51. The van der Waals surface area contributed by atoms with Crippen molar-refractivity contribution >= 4 is 0 Å². The van der Waals surface area contributed by atoms with Gasteiger partial charge >= 0.3 is 12.1 Å². The minimum atomic E-state index is -6.10. The molecule has 0 nitrogen and oxygen atoms in total. The molecule has 0 aliphatic heterocycles. The van der Waals surface area contributed by atoms with Crippen molar-refractivity contribution < 1.29 is 30.7 Å². The Morgan fingerprint density at radius 3 is 1.76 bits per heavy atom. The summed E-state index contributed by atoms with van der Waals surface area (Å²) < 4.78 is 89.7. The molecule has 96 valence electrons. The Morgan fingerprint density at radius 2 is 1.41 bits per heavy atom. The van der Waals surface area contributed by atoms with Crippen molar-refractivity contribution in [2.75, 3.05) is 0 Å². The van der Waals surface area contributed by atoms with Crippen molar-refractivity contribution in [3.8, 4) is 0 Å². The predicted octanol–water partition coefficient (Wildman–Crippen LogP) is 4.12. The van der Waals surface area contributed by atoms with Crippen molar-refractivity contribution in [1.29, 1.82) is 0 Å². The Morgan fingerprint density at radius 1 is 0.941 bits per heavy atom. The van der Waals surface area contributed by atoms with Crippen LogP contribution >= 0.6 is 0 Å². The fourth-order valence-corrected chi connectivity index (χ4v) is 1.51. The Labute approximate surface area is 92.1 Å². The first kappa shape index (κ1) is 13.8. The van der Waals surface area contributed by atoms with Gasteiger partial charge in [-0.3, -0.25) is 0 Å². The summed E-state index contributed by atoms with van der Waals surface area (Å²) in [6, 6.07) is 0. The first-order chi connectivity index (χ1) is 7.52. The first-order valence-electron chi connectivity index (χ1n) is 4.35. The van der Waals surface area contributed by atoms with Crippen molar-refractivity contribution in [1.82, 2.24) is 0 Å². The first-order valence-corrected chi connectivity index (χ1v) is 4.35. The lowest BCUT2D eigenvalue weighted by Crippen LogP contribution is -2.58. The van der Waals surface area contributed by atoms with Gasteiger partial charge in [0.25, 0.3) is 5.92 Å². The summed E-state index contributed by atoms with van der Waals surface area (Å²) in [5, 5.41) is 0. The molecule has 1 aliphatic rings. The molecule has 17 heavy (non-hydrogen) atoms. The van der Waals surface area contributed by atoms with Gasteiger partial charge in [-0.2, -0.15) is 22.0 Å². The Balaban J connectivity index is 3.46. The lowest BCUT2D eigenvalue weighted by atomic mass is 9.72. The van der Waals surface area contributed by atoms with Gasteiger partial charge in [-0.15, -0.1) is 6.58 Å². The van der Waals surface area contributed by atoms with Crippen LogP contribution in [-0.4, -0.2) is 18.0 Å². The van der Waals surface area contributed by atoms with Crippen molar-refractivity contribution in [2.24, 2.45) is 5.41 Å². The molecule has 0 aromatic heterocycles. The molecule has 0 aromatic carbocycles. The van der Waals surface area contributed by atoms with E-state index in [1.54, 1.807) is 0 Å². The molecule has 0 heterocycles. The molecule has 1 rings (SSSR count). The van der Waals surface area contributed by atoms with E-state index in [4.69, 9.17) is 0 Å². The maximum atomic E-state index is 13.4. The maximum absolute atomic E-state index is 13.4. The number of halogens is 7. The molecule has 1 aliphatic carbocycles. The maximum Gasteiger partial charge on any atom is 0.454 e. The average Bonchev–Trinajstić information content (AvgIpc) is 2.15. The van der Waals surface area contributed by atoms with E-state index in [1.807, 2.05) is 0 Å². The highest BCUT2D eigenvalue weighted by atomic mass is 19.4. The van der Waals surface area contributed by atoms with Crippen LogP contribution in [0.4, 0.5) is 30.7 Å². The SMILES string of the molecule is C=CC1(C(F)(F)C(F)(F)F)C=CC=CC1(F)F. The lowest BCUT2D eigenvalue weighted by molar-refractivity contribution is -0.332. The Kier molecular flexibility index (Phi) is 2.93. The number of rotatable bonds is 2. The molecule has 0 radical (unpaired) electrons. The molecule has 7 heteroatoms. The number of hydrogen-bond donors (Lipinski definition) is 0. The monoisotopic (exact) mass is 260 g/mol. The normalized spacial score (nSPS) is 28.2. The zero-order valence-electron chi connectivity index (χ0n) is 8.24. The van der Waals surface area contributed by atoms with Gasteiger partial charge < -0.3 is 0 Å². The summed E-state index contributed by atoms with van der Waals surface area (Å²) in [5.41, 5.74) is -3.80. The lowest BCUT2D eigenvalue weighted by Gasteiger charge is -2.41. The third-order valence-electron chi connectivity index (χ3n) is 2.52. The van der Waals surface area contributed by atoms with Gasteiger partial charge in [0.2, 0.25) is 0 Å². The van der Waals surface area contributed by atoms with E-state index in [1.165, 1.54) is 0 Å². The van der Waals surface area contributed by atoms with Crippen LogP contribution in [-0.2, 0) is 0 Å². The summed E-state index contributed by atoms with van der Waals surface area (Å²) in [4.78, 5) is 0. The van der Waals surface area contributed by atoms with Gasteiger partial charge in [-0.05, 0) is 6.08 Å². The Bertz CT molecular complexity index is 375. The van der Waals surface area contributed by atoms with Crippen LogP contribution in [0.15, 0.2) is 37.0 Å². The van der Waals surface area contributed by atoms with Gasteiger partial charge in [0, 0.05) is 0 Å². The van der Waals surface area contributed by atoms with Crippen molar-refractivity contribution in [2.45, 2.75) is 18.0 Å². The van der Waals surface area contributed by atoms with Crippen molar-refractivity contribution in [3.05, 3.63) is 37.0 Å². The summed E-state index contributed by atoms with van der Waals surface area (Å²) >= 11 is 0. The molecular weight excluding hydrogens is 253 g/mol. The van der Waals surface area contributed by atoms with Gasteiger partial charge in [-0.1, -0.05) is 24.3 Å². The number of hydrogen-bond acceptors (Lipinski definition) is 0. The van der Waals surface area contributed by atoms with Crippen molar-refractivity contribution in [3.63, 3.8) is 0 Å². The van der Waals surface area contributed by atoms with E-state index in [0.717, 1.165) is 0 Å². The smallest absolute Gasteiger partial charge is 0.200 e. The van der Waals surface area contributed by atoms with E-state index in [0.29, 0.717) is 12.2 Å². The Hall–Kier alpha value is -1.27. The summed E-state index contributed by atoms with van der Waals surface area (Å²) in [5.74, 6) is -9.99. The molecule has 0 aromatic rings. The largest absolute Gasteiger partial charge is 0.454 e. The van der Waals surface area contributed by atoms with Crippen LogP contribution < -0.4 is 0 Å². The second-order valence-electron chi connectivity index (χ2n) is 3.49. The van der Waals surface area contributed by atoms with Gasteiger partial charge in [-0.25, -0.2) is 8.78 Å². The standard InChI is InChI=1S/C10H7F7/c1-2-7(9(13,14)10(15,16)17)5-3-4-6-8(7,11)12/h2-6H,1H2. The number of alkyl halides is 7. The third kappa shape index (κ3) is 1.68. The van der Waals surface area contributed by atoms with E-state index < -0.39 is 23.4 Å². The van der Waals surface area contributed by atoms with E-state index in [-0.39, 0.29) is 18.2 Å². The molecule has 0 amide bonds. The molecule has 1 unspecified atom stereocenters. The molecule has 0 bridgehead atoms. The van der Waals surface area contributed by atoms with Crippen LogP contribution in [0.5, 0.6) is 0 Å². The van der Waals surface area contributed by atoms with E-state index in [9.17, 15) is 30.7 Å². The second kappa shape index (κ2) is 3.61. The molecule has 0 saturated heterocycles. The van der Waals surface area contributed by atoms with E-state index >= 15 is 0 Å². The van der Waals surface area contributed by atoms with E-state index in [2.05, 4.69) is 6.58 Å². The van der Waals surface area contributed by atoms with Crippen LogP contribution in [0.3, 0.4) is 0 Å². The molecule has 0 spiro atoms. The zero-order chi connectivity index (χ0) is 13.5. The summed E-state index contributed by atoms with van der Waals surface area (Å²) in [6.45, 7) is 2.69. The van der Waals surface area contributed by atoms with Crippen LogP contribution in [0.2, 0.25) is 0 Å². The quantitative estimate of drug-likeness (QED) is 0.517. The molecule has 0 saturated carbocycles. The van der Waals surface area contributed by atoms with Crippen LogP contribution in [0.25, 0.3) is 0 Å². The van der Waals surface area contributed by atoms with Gasteiger partial charge in [0.1, 0.15) is 5.41 Å².